The Hall–Kier alpha value is -1.50. The molecule has 0 saturated carbocycles. The van der Waals surface area contributed by atoms with Crippen LogP contribution in [-0.2, 0) is 10.0 Å². The van der Waals surface area contributed by atoms with Crippen LogP contribution in [0.15, 0.2) is 41.4 Å². The molecule has 0 bridgehead atoms. The van der Waals surface area contributed by atoms with Crippen LogP contribution < -0.4 is 9.46 Å². The molecule has 1 aromatic carbocycles. The molecule has 8 heteroatoms. The third-order valence-corrected chi connectivity index (χ3v) is 4.51. The van der Waals surface area contributed by atoms with Gasteiger partial charge >= 0.3 is 0 Å². The summed E-state index contributed by atoms with van der Waals surface area (Å²) in [6.07, 6.45) is 1.47. The minimum Gasteiger partial charge on any atom is -0.495 e. The molecular formula is C12H10Cl2N2O3S. The van der Waals surface area contributed by atoms with Crippen molar-refractivity contribution in [2.24, 2.45) is 0 Å². The summed E-state index contributed by atoms with van der Waals surface area (Å²) in [7, 11) is -2.49. The Balaban J connectivity index is 2.44. The molecule has 5 nitrogen and oxygen atoms in total. The number of anilines is 1. The molecule has 0 unspecified atom stereocenters. The fraction of sp³-hybridized carbons (Fsp3) is 0.0833. The lowest BCUT2D eigenvalue weighted by Gasteiger charge is -2.11. The number of pyridine rings is 1. The first-order valence-corrected chi connectivity index (χ1v) is 7.65. The maximum absolute atomic E-state index is 12.3. The summed E-state index contributed by atoms with van der Waals surface area (Å²) in [6.45, 7) is 0. The fourth-order valence-electron chi connectivity index (χ4n) is 1.49. The van der Waals surface area contributed by atoms with E-state index in [4.69, 9.17) is 27.9 Å². The van der Waals surface area contributed by atoms with Gasteiger partial charge in [-0.05, 0) is 18.2 Å². The summed E-state index contributed by atoms with van der Waals surface area (Å²) >= 11 is 11.8. The molecule has 0 saturated heterocycles. The second-order valence-electron chi connectivity index (χ2n) is 3.74. The van der Waals surface area contributed by atoms with Gasteiger partial charge < -0.3 is 4.74 Å². The van der Waals surface area contributed by atoms with E-state index in [1.165, 1.54) is 31.5 Å². The molecule has 0 radical (unpaired) electrons. The average molecular weight is 333 g/mol. The van der Waals surface area contributed by atoms with E-state index in [0.717, 1.165) is 0 Å². The molecular weight excluding hydrogens is 323 g/mol. The van der Waals surface area contributed by atoms with E-state index >= 15 is 0 Å². The predicted molar refractivity (Wildman–Crippen MR) is 78.1 cm³/mol. The molecule has 0 amide bonds. The molecule has 20 heavy (non-hydrogen) atoms. The standard InChI is InChI=1S/C12H10Cl2N2O3S/c1-19-10-7-11(9(14)6-8(10)13)20(17,18)16-12-4-2-3-5-15-12/h2-7H,1H3,(H,15,16). The third-order valence-electron chi connectivity index (χ3n) is 2.40. The van der Waals surface area contributed by atoms with Gasteiger partial charge in [0.15, 0.2) is 0 Å². The van der Waals surface area contributed by atoms with Crippen LogP contribution in [0.2, 0.25) is 10.0 Å². The number of ether oxygens (including phenoxy) is 1. The highest BCUT2D eigenvalue weighted by molar-refractivity contribution is 7.92. The van der Waals surface area contributed by atoms with E-state index in [9.17, 15) is 8.42 Å². The summed E-state index contributed by atoms with van der Waals surface area (Å²) in [4.78, 5) is 3.76. The number of nitrogens with zero attached hydrogens (tertiary/aromatic N) is 1. The van der Waals surface area contributed by atoms with Gasteiger partial charge in [-0.1, -0.05) is 29.3 Å². The van der Waals surface area contributed by atoms with E-state index in [2.05, 4.69) is 9.71 Å². The Morgan fingerprint density at radius 3 is 2.55 bits per heavy atom. The zero-order chi connectivity index (χ0) is 14.8. The van der Waals surface area contributed by atoms with Crippen LogP contribution in [-0.4, -0.2) is 20.5 Å². The van der Waals surface area contributed by atoms with Crippen molar-refractivity contribution >= 4 is 39.0 Å². The third kappa shape index (κ3) is 3.15. The Morgan fingerprint density at radius 2 is 1.95 bits per heavy atom. The molecule has 2 aromatic rings. The van der Waals surface area contributed by atoms with Gasteiger partial charge in [-0.25, -0.2) is 13.4 Å². The number of benzene rings is 1. The van der Waals surface area contributed by atoms with Crippen molar-refractivity contribution in [3.05, 3.63) is 46.6 Å². The maximum Gasteiger partial charge on any atom is 0.264 e. The number of methoxy groups -OCH3 is 1. The van der Waals surface area contributed by atoms with Crippen LogP contribution in [0.5, 0.6) is 5.75 Å². The minimum atomic E-state index is -3.88. The van der Waals surface area contributed by atoms with Crippen molar-refractivity contribution in [2.45, 2.75) is 4.90 Å². The van der Waals surface area contributed by atoms with Crippen molar-refractivity contribution in [3.8, 4) is 5.75 Å². The summed E-state index contributed by atoms with van der Waals surface area (Å²) in [5.41, 5.74) is 0. The van der Waals surface area contributed by atoms with Crippen molar-refractivity contribution in [1.82, 2.24) is 4.98 Å². The number of hydrogen-bond donors (Lipinski definition) is 1. The summed E-state index contributed by atoms with van der Waals surface area (Å²) in [5, 5.41) is 0.230. The Morgan fingerprint density at radius 1 is 1.20 bits per heavy atom. The quantitative estimate of drug-likeness (QED) is 0.933. The van der Waals surface area contributed by atoms with Crippen molar-refractivity contribution < 1.29 is 13.2 Å². The molecule has 0 atom stereocenters. The first-order chi connectivity index (χ1) is 9.44. The second kappa shape index (κ2) is 5.87. The van der Waals surface area contributed by atoms with Gasteiger partial charge in [0.2, 0.25) is 0 Å². The SMILES string of the molecule is COc1cc(S(=O)(=O)Nc2ccccn2)c(Cl)cc1Cl. The predicted octanol–water partition coefficient (Wildman–Crippen LogP) is 3.20. The highest BCUT2D eigenvalue weighted by Crippen LogP contribution is 2.33. The number of rotatable bonds is 4. The molecule has 1 heterocycles. The molecule has 0 fully saturated rings. The lowest BCUT2D eigenvalue weighted by Crippen LogP contribution is -2.14. The Labute approximate surface area is 126 Å². The molecule has 2 rings (SSSR count). The highest BCUT2D eigenvalue weighted by atomic mass is 35.5. The van der Waals surface area contributed by atoms with Crippen LogP contribution in [0.3, 0.4) is 0 Å². The van der Waals surface area contributed by atoms with Crippen LogP contribution >= 0.6 is 23.2 Å². The van der Waals surface area contributed by atoms with Crippen LogP contribution in [0.1, 0.15) is 0 Å². The fourth-order valence-corrected chi connectivity index (χ4v) is 3.34. The molecule has 0 aliphatic heterocycles. The van der Waals surface area contributed by atoms with E-state index in [1.807, 2.05) is 0 Å². The first-order valence-electron chi connectivity index (χ1n) is 5.41. The number of hydrogen-bond acceptors (Lipinski definition) is 4. The number of halogens is 2. The maximum atomic E-state index is 12.3. The molecule has 1 aromatic heterocycles. The smallest absolute Gasteiger partial charge is 0.264 e. The van der Waals surface area contributed by atoms with Crippen LogP contribution in [0, 0.1) is 0 Å². The van der Waals surface area contributed by atoms with Gasteiger partial charge in [-0.2, -0.15) is 0 Å². The molecule has 1 N–H and O–H groups in total. The number of aromatic nitrogens is 1. The number of sulfonamides is 1. The van der Waals surface area contributed by atoms with Crippen molar-refractivity contribution in [1.29, 1.82) is 0 Å². The zero-order valence-electron chi connectivity index (χ0n) is 10.3. The van der Waals surface area contributed by atoms with Gasteiger partial charge in [-0.15, -0.1) is 0 Å². The molecule has 0 aliphatic rings. The van der Waals surface area contributed by atoms with E-state index < -0.39 is 10.0 Å². The van der Waals surface area contributed by atoms with E-state index in [-0.39, 0.29) is 26.5 Å². The Bertz CT molecular complexity index is 721. The zero-order valence-corrected chi connectivity index (χ0v) is 12.6. The largest absolute Gasteiger partial charge is 0.495 e. The monoisotopic (exact) mass is 332 g/mol. The van der Waals surface area contributed by atoms with Crippen molar-refractivity contribution in [2.75, 3.05) is 11.8 Å². The highest BCUT2D eigenvalue weighted by Gasteiger charge is 2.21. The second-order valence-corrected chi connectivity index (χ2v) is 6.20. The summed E-state index contributed by atoms with van der Waals surface area (Å²) in [5.74, 6) is 0.412. The topological polar surface area (TPSA) is 68.3 Å². The minimum absolute atomic E-state index is 0.000712. The van der Waals surface area contributed by atoms with Crippen LogP contribution in [0.4, 0.5) is 5.82 Å². The van der Waals surface area contributed by atoms with E-state index in [0.29, 0.717) is 0 Å². The molecule has 0 aliphatic carbocycles. The lowest BCUT2D eigenvalue weighted by molar-refractivity contribution is 0.413. The first kappa shape index (κ1) is 14.9. The lowest BCUT2D eigenvalue weighted by atomic mass is 10.3. The van der Waals surface area contributed by atoms with Gasteiger partial charge in [0.1, 0.15) is 16.5 Å². The van der Waals surface area contributed by atoms with E-state index in [1.54, 1.807) is 12.1 Å². The molecule has 106 valence electrons. The van der Waals surface area contributed by atoms with Gasteiger partial charge in [0.05, 0.1) is 17.2 Å². The van der Waals surface area contributed by atoms with Crippen LogP contribution in [0.25, 0.3) is 0 Å². The summed E-state index contributed by atoms with van der Waals surface area (Å²) in [6, 6.07) is 7.44. The van der Waals surface area contributed by atoms with Gasteiger partial charge in [0, 0.05) is 12.3 Å². The molecule has 0 spiro atoms. The van der Waals surface area contributed by atoms with Crippen molar-refractivity contribution in [3.63, 3.8) is 0 Å². The Kier molecular flexibility index (Phi) is 4.37. The van der Waals surface area contributed by atoms with Gasteiger partial charge in [0.25, 0.3) is 10.0 Å². The summed E-state index contributed by atoms with van der Waals surface area (Å²) < 4.78 is 31.8. The number of nitrogens with one attached hydrogen (secondary N) is 1. The average Bonchev–Trinajstić information content (AvgIpc) is 2.39. The van der Waals surface area contributed by atoms with Gasteiger partial charge in [-0.3, -0.25) is 4.72 Å². The normalized spacial score (nSPS) is 11.2.